The van der Waals surface area contributed by atoms with Gasteiger partial charge in [0, 0.05) is 31.9 Å². The van der Waals surface area contributed by atoms with Gasteiger partial charge in [0.1, 0.15) is 17.7 Å². The lowest BCUT2D eigenvalue weighted by Gasteiger charge is -2.35. The van der Waals surface area contributed by atoms with Crippen molar-refractivity contribution in [3.63, 3.8) is 0 Å². The Balaban J connectivity index is 1.69. The highest BCUT2D eigenvalue weighted by atomic mass is 19.4. The van der Waals surface area contributed by atoms with Crippen LogP contribution in [-0.4, -0.2) is 55.6 Å². The zero-order chi connectivity index (χ0) is 27.9. The third kappa shape index (κ3) is 5.17. The molecule has 200 valence electrons. The average molecular weight is 530 g/mol. The zero-order valence-corrected chi connectivity index (χ0v) is 21.4. The average Bonchev–Trinajstić information content (AvgIpc) is 2.85. The van der Waals surface area contributed by atoms with Crippen LogP contribution in [0.15, 0.2) is 23.1 Å². The number of ether oxygens (including phenoxy) is 1. The van der Waals surface area contributed by atoms with Gasteiger partial charge < -0.3 is 15.0 Å². The third-order valence-electron chi connectivity index (χ3n) is 6.37. The van der Waals surface area contributed by atoms with Crippen LogP contribution in [0, 0.1) is 18.3 Å². The van der Waals surface area contributed by atoms with Crippen LogP contribution in [0.1, 0.15) is 59.8 Å². The molecule has 3 unspecified atom stereocenters. The minimum atomic E-state index is -4.83. The van der Waals surface area contributed by atoms with Gasteiger partial charge in [-0.15, -0.1) is 0 Å². The maximum atomic E-state index is 14.0. The van der Waals surface area contributed by atoms with Crippen LogP contribution in [0.25, 0.3) is 11.0 Å². The van der Waals surface area contributed by atoms with E-state index in [2.05, 4.69) is 20.3 Å². The van der Waals surface area contributed by atoms with Gasteiger partial charge in [-0.25, -0.2) is 15.0 Å². The standard InChI is InChI=1S/C25H26F3N7O3/c1-12-10-35(11-13(2)38-12)23(36)17-6-16(8-29)21(30-9-17)31-14(3)18-7-19-22(33-20(18)25(26,27)28)32-15(4)34(5)24(19)37/h6-7,9,12-14H,10-11H2,1-5H3,(H,30,31). The van der Waals surface area contributed by atoms with Gasteiger partial charge in [0.25, 0.3) is 11.5 Å². The summed E-state index contributed by atoms with van der Waals surface area (Å²) >= 11 is 0. The topological polar surface area (TPSA) is 126 Å². The summed E-state index contributed by atoms with van der Waals surface area (Å²) in [5.41, 5.74) is -2.20. The Morgan fingerprint density at radius 2 is 1.89 bits per heavy atom. The molecule has 3 aromatic heterocycles. The van der Waals surface area contributed by atoms with Crippen LogP contribution in [0.3, 0.4) is 0 Å². The van der Waals surface area contributed by atoms with E-state index in [1.54, 1.807) is 4.90 Å². The quantitative estimate of drug-likeness (QED) is 0.546. The first-order valence-corrected chi connectivity index (χ1v) is 11.9. The molecule has 1 N–H and O–H groups in total. The number of amides is 1. The molecule has 13 heteroatoms. The van der Waals surface area contributed by atoms with Crippen molar-refractivity contribution in [2.24, 2.45) is 7.05 Å². The largest absolute Gasteiger partial charge is 0.433 e. The van der Waals surface area contributed by atoms with Crippen molar-refractivity contribution >= 4 is 22.8 Å². The molecule has 0 bridgehead atoms. The Kier molecular flexibility index (Phi) is 7.12. The summed E-state index contributed by atoms with van der Waals surface area (Å²) in [7, 11) is 1.47. The SMILES string of the molecule is Cc1nc2nc(C(F)(F)F)c(C(C)Nc3ncc(C(=O)N4CC(C)OC(C)C4)cc3C#N)cc2c(=O)n1C. The number of rotatable bonds is 4. The Morgan fingerprint density at radius 1 is 1.24 bits per heavy atom. The maximum absolute atomic E-state index is 14.0. The van der Waals surface area contributed by atoms with E-state index in [1.165, 1.54) is 37.7 Å². The number of halogens is 3. The lowest BCUT2D eigenvalue weighted by atomic mass is 10.0. The highest BCUT2D eigenvalue weighted by Crippen LogP contribution is 2.35. The van der Waals surface area contributed by atoms with Gasteiger partial charge in [0.05, 0.1) is 34.8 Å². The minimum absolute atomic E-state index is 0.0107. The molecule has 0 aromatic carbocycles. The van der Waals surface area contributed by atoms with Crippen molar-refractivity contribution in [2.75, 3.05) is 18.4 Å². The number of carbonyl (C=O) groups is 1. The Morgan fingerprint density at radius 3 is 2.50 bits per heavy atom. The number of hydrogen-bond acceptors (Lipinski definition) is 8. The molecule has 0 radical (unpaired) electrons. The molecule has 1 amide bonds. The van der Waals surface area contributed by atoms with Gasteiger partial charge in [-0.2, -0.15) is 18.4 Å². The van der Waals surface area contributed by atoms with E-state index in [9.17, 15) is 28.0 Å². The van der Waals surface area contributed by atoms with Crippen LogP contribution in [0.2, 0.25) is 0 Å². The summed E-state index contributed by atoms with van der Waals surface area (Å²) in [5, 5.41) is 12.4. The van der Waals surface area contributed by atoms with Crippen molar-refractivity contribution in [1.29, 1.82) is 5.26 Å². The minimum Gasteiger partial charge on any atom is -0.372 e. The molecule has 0 spiro atoms. The Labute approximate surface area is 216 Å². The normalized spacial score (nSPS) is 18.8. The van der Waals surface area contributed by atoms with Gasteiger partial charge in [-0.3, -0.25) is 14.2 Å². The lowest BCUT2D eigenvalue weighted by Crippen LogP contribution is -2.48. The monoisotopic (exact) mass is 529 g/mol. The summed E-state index contributed by atoms with van der Waals surface area (Å²) in [6.45, 7) is 7.40. The number of anilines is 1. The first kappa shape index (κ1) is 27.0. The van der Waals surface area contributed by atoms with E-state index in [-0.39, 0.29) is 57.5 Å². The summed E-state index contributed by atoms with van der Waals surface area (Å²) < 4.78 is 48.7. The van der Waals surface area contributed by atoms with E-state index in [0.29, 0.717) is 13.1 Å². The van der Waals surface area contributed by atoms with Gasteiger partial charge in [0.2, 0.25) is 0 Å². The van der Waals surface area contributed by atoms with E-state index < -0.39 is 23.5 Å². The van der Waals surface area contributed by atoms with Crippen molar-refractivity contribution in [1.82, 2.24) is 24.4 Å². The van der Waals surface area contributed by atoms with Gasteiger partial charge in [-0.05, 0) is 39.8 Å². The number of fused-ring (bicyclic) bond motifs is 1. The number of carbonyl (C=O) groups excluding carboxylic acids is 1. The number of nitrogens with one attached hydrogen (secondary N) is 1. The summed E-state index contributed by atoms with van der Waals surface area (Å²) in [6, 6.07) is 3.35. The Bertz CT molecular complexity index is 1500. The van der Waals surface area contributed by atoms with Gasteiger partial charge >= 0.3 is 6.18 Å². The molecular formula is C25H26F3N7O3. The van der Waals surface area contributed by atoms with Crippen LogP contribution in [-0.2, 0) is 18.0 Å². The van der Waals surface area contributed by atoms with E-state index in [4.69, 9.17) is 4.74 Å². The number of aromatic nitrogens is 4. The fraction of sp³-hybridized carbons (Fsp3) is 0.440. The molecular weight excluding hydrogens is 503 g/mol. The molecule has 0 aliphatic carbocycles. The summed E-state index contributed by atoms with van der Waals surface area (Å²) in [4.78, 5) is 39.2. The van der Waals surface area contributed by atoms with Crippen LogP contribution in [0.4, 0.5) is 19.0 Å². The second-order valence-electron chi connectivity index (χ2n) is 9.38. The maximum Gasteiger partial charge on any atom is 0.433 e. The zero-order valence-electron chi connectivity index (χ0n) is 21.4. The summed E-state index contributed by atoms with van der Waals surface area (Å²) in [6.07, 6.45) is -3.86. The molecule has 38 heavy (non-hydrogen) atoms. The highest BCUT2D eigenvalue weighted by molar-refractivity contribution is 5.94. The molecule has 1 fully saturated rings. The van der Waals surface area contributed by atoms with Crippen LogP contribution in [0.5, 0.6) is 0 Å². The van der Waals surface area contributed by atoms with Crippen molar-refractivity contribution in [2.45, 2.75) is 52.1 Å². The predicted molar refractivity (Wildman–Crippen MR) is 131 cm³/mol. The number of hydrogen-bond donors (Lipinski definition) is 1. The fourth-order valence-electron chi connectivity index (χ4n) is 4.47. The molecule has 10 nitrogen and oxygen atoms in total. The van der Waals surface area contributed by atoms with Gasteiger partial charge in [0.15, 0.2) is 11.3 Å². The second kappa shape index (κ2) is 10.0. The highest BCUT2D eigenvalue weighted by Gasteiger charge is 2.38. The number of nitrogens with zero attached hydrogens (tertiary/aromatic N) is 6. The first-order valence-electron chi connectivity index (χ1n) is 11.9. The molecule has 4 rings (SSSR count). The van der Waals surface area contributed by atoms with Crippen LogP contribution >= 0.6 is 0 Å². The molecule has 3 atom stereocenters. The molecule has 4 heterocycles. The number of aryl methyl sites for hydroxylation is 1. The van der Waals surface area contributed by atoms with E-state index in [1.807, 2.05) is 19.9 Å². The van der Waals surface area contributed by atoms with Crippen molar-refractivity contribution in [3.05, 3.63) is 56.9 Å². The molecule has 1 saturated heterocycles. The molecule has 0 saturated carbocycles. The Hall–Kier alpha value is -4.05. The van der Waals surface area contributed by atoms with E-state index in [0.717, 1.165) is 6.07 Å². The summed E-state index contributed by atoms with van der Waals surface area (Å²) in [5.74, 6) is -0.115. The lowest BCUT2D eigenvalue weighted by molar-refractivity contribution is -0.141. The molecule has 1 aliphatic heterocycles. The smallest absolute Gasteiger partial charge is 0.372 e. The number of alkyl halides is 3. The third-order valence-corrected chi connectivity index (χ3v) is 6.37. The molecule has 1 aliphatic rings. The number of morpholine rings is 1. The number of pyridine rings is 2. The van der Waals surface area contributed by atoms with Crippen LogP contribution < -0.4 is 10.9 Å². The number of nitriles is 1. The van der Waals surface area contributed by atoms with E-state index >= 15 is 0 Å². The first-order chi connectivity index (χ1) is 17.8. The predicted octanol–water partition coefficient (Wildman–Crippen LogP) is 3.34. The molecule has 3 aromatic rings. The second-order valence-corrected chi connectivity index (χ2v) is 9.38. The van der Waals surface area contributed by atoms with Crippen molar-refractivity contribution < 1.29 is 22.7 Å². The van der Waals surface area contributed by atoms with Gasteiger partial charge in [-0.1, -0.05) is 0 Å². The van der Waals surface area contributed by atoms with Crippen molar-refractivity contribution in [3.8, 4) is 6.07 Å². The fourth-order valence-corrected chi connectivity index (χ4v) is 4.47.